The average molecular weight is 1370 g/mol. The number of hydrogen-bond acceptors (Lipinski definition) is 11. The van der Waals surface area contributed by atoms with Gasteiger partial charge in [0.15, 0.2) is 29.8 Å². The van der Waals surface area contributed by atoms with Gasteiger partial charge in [-0.05, 0) is 141 Å². The fourth-order valence-corrected chi connectivity index (χ4v) is 15.8. The summed E-state index contributed by atoms with van der Waals surface area (Å²) >= 11 is 0. The highest BCUT2D eigenvalue weighted by atomic mass is 28.4. The molecule has 15 heteroatoms. The highest BCUT2D eigenvalue weighted by Crippen LogP contribution is 2.44. The maximum atomic E-state index is 12.2. The van der Waals surface area contributed by atoms with Crippen LogP contribution in [0.2, 0.25) is 36.3 Å². The molecule has 2 aliphatic heterocycles. The van der Waals surface area contributed by atoms with Crippen molar-refractivity contribution in [2.24, 2.45) is 65.1 Å². The van der Waals surface area contributed by atoms with Crippen molar-refractivity contribution in [1.82, 2.24) is 0 Å². The maximum Gasteiger partial charge on any atom is 0.264 e. The maximum absolute atomic E-state index is 12.2. The van der Waals surface area contributed by atoms with Gasteiger partial charge in [-0.3, -0.25) is 9.59 Å². The van der Waals surface area contributed by atoms with E-state index in [9.17, 15) is 14.7 Å². The third kappa shape index (κ3) is 25.6. The highest BCUT2D eigenvalue weighted by Gasteiger charge is 2.45. The van der Waals surface area contributed by atoms with E-state index in [1.165, 1.54) is 11.1 Å². The number of aliphatic hydroxyl groups excluding tert-OH is 1. The van der Waals surface area contributed by atoms with Crippen LogP contribution in [0, 0.1) is 65.1 Å². The molecule has 16 atom stereocenters. The lowest BCUT2D eigenvalue weighted by molar-refractivity contribution is -0.121. The summed E-state index contributed by atoms with van der Waals surface area (Å²) < 4.78 is 48.8. The molecule has 4 rings (SSSR count). The van der Waals surface area contributed by atoms with Gasteiger partial charge in [-0.1, -0.05) is 216 Å². The lowest BCUT2D eigenvalue weighted by atomic mass is 9.77. The van der Waals surface area contributed by atoms with Gasteiger partial charge in [0.25, 0.3) is 11.8 Å². The lowest BCUT2D eigenvalue weighted by Crippen LogP contribution is -2.49. The second kappa shape index (κ2) is 39.5. The molecular formula is C81H136N2O11Si2. The number of benzene rings is 2. The largest absolute Gasteiger partial charge is 0.482 e. The third-order valence-electron chi connectivity index (χ3n) is 21.3. The predicted octanol–water partition coefficient (Wildman–Crippen LogP) is 19.8. The van der Waals surface area contributed by atoms with Crippen LogP contribution in [-0.4, -0.2) is 119 Å². The molecule has 2 aliphatic rings. The van der Waals surface area contributed by atoms with Crippen molar-refractivity contribution in [3.05, 3.63) is 107 Å². The molecule has 0 saturated carbocycles. The molecule has 2 aromatic rings. The zero-order chi connectivity index (χ0) is 72.8. The highest BCUT2D eigenvalue weighted by molar-refractivity contribution is 6.74. The van der Waals surface area contributed by atoms with Crippen LogP contribution >= 0.6 is 0 Å². The van der Waals surface area contributed by atoms with Crippen molar-refractivity contribution in [3.63, 3.8) is 0 Å². The topological polar surface area (TPSA) is 135 Å². The number of carbonyl (C=O) groups is 2. The molecule has 0 aromatic heterocycles. The first-order valence-electron chi connectivity index (χ1n) is 36.0. The minimum atomic E-state index is -2.10. The number of ether oxygens (including phenoxy) is 6. The van der Waals surface area contributed by atoms with Gasteiger partial charge >= 0.3 is 0 Å². The quantitative estimate of drug-likeness (QED) is 0.0397. The van der Waals surface area contributed by atoms with Crippen LogP contribution in [0.4, 0.5) is 11.4 Å². The van der Waals surface area contributed by atoms with Gasteiger partial charge in [0.1, 0.15) is 25.1 Å². The molecule has 2 aromatic carbocycles. The monoisotopic (exact) mass is 1370 g/mol. The molecule has 2 heterocycles. The van der Waals surface area contributed by atoms with Crippen molar-refractivity contribution in [3.8, 4) is 11.5 Å². The number of allylic oxidation sites excluding steroid dienone is 5. The van der Waals surface area contributed by atoms with Crippen LogP contribution in [0.3, 0.4) is 0 Å². The van der Waals surface area contributed by atoms with Gasteiger partial charge in [-0.15, -0.1) is 0 Å². The molecule has 4 unspecified atom stereocenters. The van der Waals surface area contributed by atoms with Gasteiger partial charge in [-0.25, -0.2) is 0 Å². The molecule has 1 N–H and O–H groups in total. The number of hydrogen-bond donors (Lipinski definition) is 1. The first kappa shape index (κ1) is 85.8. The molecule has 0 spiro atoms. The standard InChI is InChI=1S/C41H69NO5Si.C40H67NO6Si/c1-16-17-18-29(3)33(7)34(8)40(47-48(14,15)41(9,10)11)32(6)24-28(2)23-31(5)39(46-27-44-13)30(4)19-20-35-21-22-37-36(25-35)42(12)38(43)26-45-37;1-15-16-17-28(3)37(43)32(7)39(47-48(13,14)40(8,9)10)31(6)23-27(2)22-30(5)38(46-26-44-12)29(4)18-19-33-20-21-35-34(24-33)41(11)36(42)25-45-35/h17-23,25,29-34,39-40H,16,24,26-27H2,1-15H3;16-22,24,28-32,37-39,43H,15,23,25-26H2,1-14H3/b18-17-,20-19-,28-23-;17-16-,19-18-,27-22-/t29?,30?,31-,32-,33-,34+,39-,40+;28?,29?,30-,31-,32+,37-,38-,39+/m00/s1. The molecule has 0 bridgehead atoms. The van der Waals surface area contributed by atoms with E-state index in [1.54, 1.807) is 38.1 Å². The Morgan fingerprint density at radius 1 is 0.531 bits per heavy atom. The van der Waals surface area contributed by atoms with Crippen molar-refractivity contribution in [1.29, 1.82) is 0 Å². The minimum absolute atomic E-state index is 0.0214. The van der Waals surface area contributed by atoms with Crippen LogP contribution in [-0.2, 0) is 37.4 Å². The van der Waals surface area contributed by atoms with Crippen molar-refractivity contribution < 1.29 is 52.0 Å². The van der Waals surface area contributed by atoms with E-state index < -0.39 is 22.7 Å². The third-order valence-corrected chi connectivity index (χ3v) is 30.2. The Kier molecular flexibility index (Phi) is 35.3. The van der Waals surface area contributed by atoms with Gasteiger partial charge in [0.2, 0.25) is 0 Å². The Morgan fingerprint density at radius 2 is 0.896 bits per heavy atom. The van der Waals surface area contributed by atoms with E-state index >= 15 is 0 Å². The Bertz CT molecular complexity index is 2690. The Hall–Kier alpha value is -4.43. The SMILES string of the molecule is CC/C=C\C(C)[C@H](C)[C@@H](C)[C@H](O[Si](C)(C)C(C)(C)C)[C@@H](C)C/C(C)=C\[C@H](C)[C@@H](OCOC)C(C)/C=C\c1ccc2c(c1)N(C)C(=O)CO2.CC/C=C\C(C)[C@H](O)[C@@H](C)[C@H](O[Si](C)(C)C(C)(C)C)[C@@H](C)C/C(C)=C\[C@H](C)[C@@H](OCOC)C(C)/C=C\c1ccc2c(c1)N(C)C(=O)CO2. The Labute approximate surface area is 587 Å². The second-order valence-electron chi connectivity index (χ2n) is 31.7. The van der Waals surface area contributed by atoms with Crippen LogP contribution < -0.4 is 19.3 Å². The van der Waals surface area contributed by atoms with Gasteiger partial charge in [0, 0.05) is 63.8 Å². The van der Waals surface area contributed by atoms with Crippen molar-refractivity contribution >= 4 is 52.0 Å². The first-order chi connectivity index (χ1) is 44.7. The summed E-state index contributed by atoms with van der Waals surface area (Å²) in [7, 11) is 2.80. The van der Waals surface area contributed by atoms with Crippen LogP contribution in [0.15, 0.2) is 96.2 Å². The molecule has 0 aliphatic carbocycles. The summed E-state index contributed by atoms with van der Waals surface area (Å²) in [5.74, 6) is 3.90. The van der Waals surface area contributed by atoms with Gasteiger partial charge < -0.3 is 52.2 Å². The first-order valence-corrected chi connectivity index (χ1v) is 41.9. The molecule has 0 saturated heterocycles. The average Bonchev–Trinajstić information content (AvgIpc) is 0.829. The number of rotatable bonds is 36. The lowest BCUT2D eigenvalue weighted by Gasteiger charge is -2.44. The fourth-order valence-electron chi connectivity index (χ4n) is 12.8. The smallest absolute Gasteiger partial charge is 0.264 e. The zero-order valence-electron chi connectivity index (χ0n) is 65.6. The number of aliphatic hydroxyl groups is 1. The summed E-state index contributed by atoms with van der Waals surface area (Å²) in [6.07, 6.45) is 25.5. The normalized spacial score (nSPS) is 19.9. The van der Waals surface area contributed by atoms with E-state index in [-0.39, 0.29) is 115 Å². The van der Waals surface area contributed by atoms with E-state index in [1.807, 2.05) is 36.4 Å². The molecule has 544 valence electrons. The number of likely N-dealkylation sites (N-methyl/N-ethyl adjacent to an activating group) is 2. The number of amides is 2. The second-order valence-corrected chi connectivity index (χ2v) is 41.2. The van der Waals surface area contributed by atoms with Crippen molar-refractivity contribution in [2.45, 2.75) is 238 Å². The minimum Gasteiger partial charge on any atom is -0.482 e. The molecular weight excluding hydrogens is 1230 g/mol. The summed E-state index contributed by atoms with van der Waals surface area (Å²) in [6, 6.07) is 11.9. The number of methoxy groups -OCH3 is 2. The van der Waals surface area contributed by atoms with Crippen LogP contribution in [0.1, 0.15) is 182 Å². The predicted molar refractivity (Wildman–Crippen MR) is 409 cm³/mol. The van der Waals surface area contributed by atoms with E-state index in [4.69, 9.17) is 37.3 Å². The van der Waals surface area contributed by atoms with Crippen LogP contribution in [0.5, 0.6) is 11.5 Å². The summed E-state index contributed by atoms with van der Waals surface area (Å²) in [4.78, 5) is 27.6. The molecule has 0 fully saturated rings. The summed E-state index contributed by atoms with van der Waals surface area (Å²) in [6.45, 7) is 57.5. The molecule has 13 nitrogen and oxygen atoms in total. The summed E-state index contributed by atoms with van der Waals surface area (Å²) in [5.41, 5.74) is 6.22. The molecule has 96 heavy (non-hydrogen) atoms. The Balaban J connectivity index is 0.000000500. The molecule has 2 amide bonds. The number of fused-ring (bicyclic) bond motifs is 2. The summed E-state index contributed by atoms with van der Waals surface area (Å²) in [5, 5.41) is 11.7. The zero-order valence-corrected chi connectivity index (χ0v) is 67.6. The Morgan fingerprint density at radius 3 is 1.25 bits per heavy atom. The van der Waals surface area contributed by atoms with Gasteiger partial charge in [0.05, 0.1) is 41.9 Å². The van der Waals surface area contributed by atoms with Crippen LogP contribution in [0.25, 0.3) is 12.2 Å². The fraction of sp³-hybridized carbons (Fsp3) is 0.679. The number of anilines is 2. The number of carbonyl (C=O) groups excluding carboxylic acids is 2. The molecule has 0 radical (unpaired) electrons. The van der Waals surface area contributed by atoms with E-state index in [0.29, 0.717) is 23.7 Å². The van der Waals surface area contributed by atoms with E-state index in [0.717, 1.165) is 59.7 Å². The van der Waals surface area contributed by atoms with Gasteiger partial charge in [-0.2, -0.15) is 0 Å². The van der Waals surface area contributed by atoms with E-state index in [2.05, 4.69) is 232 Å². The number of nitrogens with zero attached hydrogens (tertiary/aromatic N) is 2. The van der Waals surface area contributed by atoms with Crippen molar-refractivity contribution in [2.75, 3.05) is 64.9 Å².